The zero-order valence-corrected chi connectivity index (χ0v) is 21.4. The summed E-state index contributed by atoms with van der Waals surface area (Å²) in [5, 5.41) is 9.22. The number of carbonyl (C=O) groups excluding carboxylic acids is 1. The number of fused-ring (bicyclic) bond motifs is 2. The van der Waals surface area contributed by atoms with Crippen molar-refractivity contribution < 1.29 is 22.5 Å². The Balaban J connectivity index is 1.00. The number of aromatic nitrogens is 3. The van der Waals surface area contributed by atoms with Gasteiger partial charge in [-0.2, -0.15) is 13.9 Å². The maximum Gasteiger partial charge on any atom is 0.304 e. The van der Waals surface area contributed by atoms with Gasteiger partial charge in [0.25, 0.3) is 0 Å². The quantitative estimate of drug-likeness (QED) is 0.355. The van der Waals surface area contributed by atoms with Crippen LogP contribution in [0.25, 0.3) is 10.9 Å². The third kappa shape index (κ3) is 4.60. The van der Waals surface area contributed by atoms with Crippen LogP contribution in [0.1, 0.15) is 73.7 Å². The van der Waals surface area contributed by atoms with Crippen LogP contribution >= 0.6 is 0 Å². The minimum Gasteiger partial charge on any atom is -0.355 e. The fraction of sp³-hybridized carbons (Fsp3) is 0.607. The number of rotatable bonds is 8. The second kappa shape index (κ2) is 8.68. The lowest BCUT2D eigenvalue weighted by Crippen LogP contribution is -2.36. The molecule has 0 N–H and O–H groups in total. The highest BCUT2D eigenvalue weighted by molar-refractivity contribution is 6.07. The van der Waals surface area contributed by atoms with E-state index in [1.54, 1.807) is 4.68 Å². The predicted octanol–water partition coefficient (Wildman–Crippen LogP) is 5.81. The molecular formula is C28H33F3N4O2. The van der Waals surface area contributed by atoms with Crippen LogP contribution in [0.2, 0.25) is 0 Å². The molecule has 0 radical (unpaired) electrons. The van der Waals surface area contributed by atoms with Crippen molar-refractivity contribution >= 4 is 16.7 Å². The van der Waals surface area contributed by atoms with Crippen LogP contribution in [-0.2, 0) is 18.4 Å². The van der Waals surface area contributed by atoms with Crippen molar-refractivity contribution in [3.05, 3.63) is 47.5 Å². The van der Waals surface area contributed by atoms with E-state index in [1.807, 2.05) is 31.4 Å². The average Bonchev–Trinajstić information content (AvgIpc) is 3.25. The summed E-state index contributed by atoms with van der Waals surface area (Å²) in [6, 6.07) is 7.03. The number of Topliss-reactive ketones (excluding diaryl/α,β-unsaturated/α-hetero) is 1. The van der Waals surface area contributed by atoms with Gasteiger partial charge >= 0.3 is 5.92 Å². The molecule has 1 aromatic carbocycles. The molecule has 1 aliphatic heterocycles. The first-order chi connectivity index (χ1) is 17.5. The van der Waals surface area contributed by atoms with Crippen LogP contribution in [0.5, 0.6) is 0 Å². The van der Waals surface area contributed by atoms with Crippen LogP contribution < -0.4 is 0 Å². The minimum absolute atomic E-state index is 0.105. The second-order valence-corrected chi connectivity index (χ2v) is 11.8. The van der Waals surface area contributed by atoms with E-state index in [9.17, 15) is 13.6 Å². The Morgan fingerprint density at radius 3 is 2.78 bits per heavy atom. The molecule has 9 heteroatoms. The zero-order chi connectivity index (χ0) is 26.0. The van der Waals surface area contributed by atoms with E-state index in [1.165, 1.54) is 6.07 Å². The Bertz CT molecular complexity index is 1320. The molecule has 0 unspecified atom stereocenters. The van der Waals surface area contributed by atoms with Crippen molar-refractivity contribution in [2.45, 2.75) is 68.9 Å². The van der Waals surface area contributed by atoms with Crippen LogP contribution in [0.4, 0.5) is 13.2 Å². The first-order valence-corrected chi connectivity index (χ1v) is 13.3. The Labute approximate surface area is 214 Å². The fourth-order valence-corrected chi connectivity index (χ4v) is 6.66. The topological polar surface area (TPSA) is 64.2 Å². The molecule has 0 bridgehead atoms. The number of alkyl halides is 3. The highest BCUT2D eigenvalue weighted by Crippen LogP contribution is 2.59. The van der Waals surface area contributed by atoms with Crippen LogP contribution in [0.15, 0.2) is 35.0 Å². The van der Waals surface area contributed by atoms with E-state index in [0.29, 0.717) is 68.8 Å². The van der Waals surface area contributed by atoms with Gasteiger partial charge in [0.2, 0.25) is 5.76 Å². The lowest BCUT2D eigenvalue weighted by atomic mass is 9.76. The van der Waals surface area contributed by atoms with Gasteiger partial charge in [0.1, 0.15) is 5.67 Å². The molecule has 0 amide bonds. The number of halogens is 3. The number of benzene rings is 1. The molecule has 3 aromatic rings. The Hall–Kier alpha value is -2.68. The Kier molecular flexibility index (Phi) is 5.78. The highest BCUT2D eigenvalue weighted by atomic mass is 19.3. The number of hydrogen-bond donors (Lipinski definition) is 0. The molecule has 2 aromatic heterocycles. The van der Waals surface area contributed by atoms with Crippen molar-refractivity contribution in [1.82, 2.24) is 19.8 Å². The van der Waals surface area contributed by atoms with Gasteiger partial charge in [-0.25, -0.2) is 4.39 Å². The zero-order valence-electron chi connectivity index (χ0n) is 21.4. The first kappa shape index (κ1) is 24.6. The predicted molar refractivity (Wildman–Crippen MR) is 132 cm³/mol. The summed E-state index contributed by atoms with van der Waals surface area (Å²) in [4.78, 5) is 15.3. The number of aryl methyl sites for hydroxylation is 1. The molecule has 2 aliphatic carbocycles. The minimum atomic E-state index is -3.04. The van der Waals surface area contributed by atoms with Gasteiger partial charge in [-0.15, -0.1) is 0 Å². The second-order valence-electron chi connectivity index (χ2n) is 11.8. The van der Waals surface area contributed by atoms with Gasteiger partial charge in [-0.1, -0.05) is 17.3 Å². The number of likely N-dealkylation sites (tertiary alicyclic amines) is 1. The highest BCUT2D eigenvalue weighted by Gasteiger charge is 2.62. The van der Waals surface area contributed by atoms with Crippen LogP contribution in [0, 0.1) is 11.8 Å². The normalized spacial score (nSPS) is 30.1. The molecule has 3 fully saturated rings. The standard InChI is InChI=1S/C28H33F3N4O2/c1-26(29,30)25-13-24(33-37-25)28-14-19(28)15-35(17-28)11-10-27(31)8-6-18(7-9-27)12-23(36)20-4-3-5-22-21(20)16-34(2)32-22/h3-5,13,16,18-19H,6-12,14-15,17H2,1-2H3/t18?,19-,27?,28-/m0/s1. The van der Waals surface area contributed by atoms with E-state index in [2.05, 4.69) is 15.2 Å². The molecular weight excluding hydrogens is 481 g/mol. The van der Waals surface area contributed by atoms with E-state index >= 15 is 4.39 Å². The summed E-state index contributed by atoms with van der Waals surface area (Å²) in [7, 11) is 1.85. The van der Waals surface area contributed by atoms with Crippen LogP contribution in [0.3, 0.4) is 0 Å². The number of nitrogens with zero attached hydrogens (tertiary/aromatic N) is 4. The molecule has 198 valence electrons. The monoisotopic (exact) mass is 514 g/mol. The molecule has 2 saturated carbocycles. The number of carbonyl (C=O) groups is 1. The molecule has 6 rings (SSSR count). The van der Waals surface area contributed by atoms with Gasteiger partial charge in [0, 0.05) is 68.7 Å². The van der Waals surface area contributed by atoms with E-state index in [0.717, 1.165) is 30.8 Å². The summed E-state index contributed by atoms with van der Waals surface area (Å²) in [6.07, 6.45) is 6.08. The van der Waals surface area contributed by atoms with Crippen LogP contribution in [-0.4, -0.2) is 50.9 Å². The molecule has 0 spiro atoms. The average molecular weight is 515 g/mol. The van der Waals surface area contributed by atoms with E-state index in [4.69, 9.17) is 4.52 Å². The molecule has 1 saturated heterocycles. The Morgan fingerprint density at radius 2 is 2.05 bits per heavy atom. The van der Waals surface area contributed by atoms with Crippen molar-refractivity contribution in [2.24, 2.45) is 18.9 Å². The number of ketones is 1. The lowest BCUT2D eigenvalue weighted by molar-refractivity contribution is -0.0105. The summed E-state index contributed by atoms with van der Waals surface area (Å²) in [6.45, 7) is 3.02. The maximum absolute atomic E-state index is 15.7. The lowest BCUT2D eigenvalue weighted by Gasteiger charge is -2.35. The van der Waals surface area contributed by atoms with E-state index in [-0.39, 0.29) is 17.1 Å². The van der Waals surface area contributed by atoms with Crippen molar-refractivity contribution in [2.75, 3.05) is 19.6 Å². The largest absolute Gasteiger partial charge is 0.355 e. The molecule has 6 nitrogen and oxygen atoms in total. The third-order valence-electron chi connectivity index (χ3n) is 8.99. The summed E-state index contributed by atoms with van der Waals surface area (Å²) < 4.78 is 49.5. The van der Waals surface area contributed by atoms with Crippen molar-refractivity contribution in [1.29, 1.82) is 0 Å². The van der Waals surface area contributed by atoms with Gasteiger partial charge < -0.3 is 9.42 Å². The first-order valence-electron chi connectivity index (χ1n) is 13.3. The summed E-state index contributed by atoms with van der Waals surface area (Å²) in [5.74, 6) is -2.76. The molecule has 2 atom stereocenters. The van der Waals surface area contributed by atoms with Gasteiger partial charge in [0.05, 0.1) is 11.2 Å². The van der Waals surface area contributed by atoms with E-state index < -0.39 is 17.4 Å². The molecule has 3 heterocycles. The maximum atomic E-state index is 15.7. The van der Waals surface area contributed by atoms with Crippen molar-refractivity contribution in [3.63, 3.8) is 0 Å². The Morgan fingerprint density at radius 1 is 1.27 bits per heavy atom. The van der Waals surface area contributed by atoms with Gasteiger partial charge in [0.15, 0.2) is 5.78 Å². The number of piperidine rings is 1. The summed E-state index contributed by atoms with van der Waals surface area (Å²) >= 11 is 0. The third-order valence-corrected chi connectivity index (χ3v) is 8.99. The fourth-order valence-electron chi connectivity index (χ4n) is 6.66. The SMILES string of the molecule is Cn1cc2c(C(=O)CC3CCC(F)(CCN4C[C@@H]5C[C@]5(c5cc(C(C)(F)F)on5)C4)CC3)cccc2n1. The smallest absolute Gasteiger partial charge is 0.304 e. The number of hydrogen-bond acceptors (Lipinski definition) is 5. The molecule has 37 heavy (non-hydrogen) atoms. The summed E-state index contributed by atoms with van der Waals surface area (Å²) in [5.41, 5.74) is 0.693. The van der Waals surface area contributed by atoms with Gasteiger partial charge in [-0.3, -0.25) is 9.48 Å². The molecule has 3 aliphatic rings. The van der Waals surface area contributed by atoms with Gasteiger partial charge in [-0.05, 0) is 56.4 Å². The van der Waals surface area contributed by atoms with Crippen molar-refractivity contribution in [3.8, 4) is 0 Å².